The van der Waals surface area contributed by atoms with Crippen LogP contribution in [-0.4, -0.2) is 16.5 Å². The van der Waals surface area contributed by atoms with Crippen molar-refractivity contribution in [2.45, 2.75) is 5.76 Å². The maximum absolute atomic E-state index is 2.00. The fourth-order valence-corrected chi connectivity index (χ4v) is 0. The molecule has 3 heteroatoms. The molecule has 0 saturated heterocycles. The monoisotopic (exact) mass is 161 g/mol. The summed E-state index contributed by atoms with van der Waals surface area (Å²) in [6.45, 7) is 0. The van der Waals surface area contributed by atoms with Crippen LogP contribution >= 0.6 is 24.8 Å². The average molecular weight is 161 g/mol. The van der Waals surface area contributed by atoms with E-state index >= 15 is 0 Å². The Morgan fingerprint density at radius 2 is 1.00 bits per heavy atom. The molecule has 0 heterocycles. The first-order valence-corrected chi connectivity index (χ1v) is 2.60. The predicted molar refractivity (Wildman–Crippen MR) is 26.1 cm³/mol. The van der Waals surface area contributed by atoms with Crippen LogP contribution in [0.3, 0.4) is 0 Å². The van der Waals surface area contributed by atoms with Gasteiger partial charge >= 0.3 is 22.3 Å². The van der Waals surface area contributed by atoms with Gasteiger partial charge in [-0.25, -0.2) is 0 Å². The van der Waals surface area contributed by atoms with Crippen LogP contribution in [0.5, 0.6) is 0 Å². The molecule has 27 valence electrons. The summed E-state index contributed by atoms with van der Waals surface area (Å²) in [5.74, 6) is 2.00. The standard InChI is InChI=1S/CH3Ge.2ClH/c1-2;;/h1H3;2*1H. The van der Waals surface area contributed by atoms with Gasteiger partial charge < -0.3 is 0 Å². The second kappa shape index (κ2) is 31.9. The van der Waals surface area contributed by atoms with Crippen LogP contribution in [0.1, 0.15) is 0 Å². The normalized spacial score (nSPS) is 1.50. The maximum atomic E-state index is 2.00. The Morgan fingerprint density at radius 3 is 1.00 bits per heavy atom. The molecular formula is CH5Cl2Ge. The first kappa shape index (κ1) is 19.3. The van der Waals surface area contributed by atoms with E-state index < -0.39 is 0 Å². The zero-order valence-electron chi connectivity index (χ0n) is 2.32. The summed E-state index contributed by atoms with van der Waals surface area (Å²) in [6.07, 6.45) is 0. The fraction of sp³-hybridized carbons (Fsp3) is 1.00. The average Bonchev–Trinajstić information content (AvgIpc) is 1.00. The molecule has 0 aromatic heterocycles. The van der Waals surface area contributed by atoms with Crippen molar-refractivity contribution >= 4 is 41.3 Å². The van der Waals surface area contributed by atoms with Gasteiger partial charge in [-0.3, -0.25) is 0 Å². The van der Waals surface area contributed by atoms with Gasteiger partial charge in [0.25, 0.3) is 0 Å². The van der Waals surface area contributed by atoms with E-state index in [0.29, 0.717) is 0 Å². The van der Waals surface area contributed by atoms with Crippen molar-refractivity contribution in [3.8, 4) is 0 Å². The Morgan fingerprint density at radius 1 is 1.00 bits per heavy atom. The van der Waals surface area contributed by atoms with Gasteiger partial charge in [0.05, 0.1) is 0 Å². The molecular weight excluding hydrogens is 156 g/mol. The number of hydrogen-bond acceptors (Lipinski definition) is 0. The van der Waals surface area contributed by atoms with E-state index in [0.717, 1.165) is 0 Å². The minimum absolute atomic E-state index is 0. The van der Waals surface area contributed by atoms with E-state index in [1.165, 1.54) is 0 Å². The first-order chi connectivity index (χ1) is 1.00. The third-order valence-electron chi connectivity index (χ3n) is 0. The zero-order chi connectivity index (χ0) is 2.00. The van der Waals surface area contributed by atoms with E-state index in [1.807, 2.05) is 22.3 Å². The van der Waals surface area contributed by atoms with Gasteiger partial charge in [-0.15, -0.1) is 24.8 Å². The molecule has 0 aliphatic heterocycles. The summed E-state index contributed by atoms with van der Waals surface area (Å²) in [4.78, 5) is 0. The van der Waals surface area contributed by atoms with Gasteiger partial charge in [-0.1, -0.05) is 0 Å². The Hall–Kier alpha value is 1.12. The van der Waals surface area contributed by atoms with Gasteiger partial charge in [0.15, 0.2) is 0 Å². The molecule has 0 N–H and O–H groups in total. The van der Waals surface area contributed by atoms with E-state index in [2.05, 4.69) is 0 Å². The van der Waals surface area contributed by atoms with Crippen LogP contribution in [0, 0.1) is 0 Å². The van der Waals surface area contributed by atoms with Crippen LogP contribution in [-0.2, 0) is 0 Å². The summed E-state index contributed by atoms with van der Waals surface area (Å²) in [7, 11) is 0. The second-order valence-corrected chi connectivity index (χ2v) is 0. The summed E-state index contributed by atoms with van der Waals surface area (Å²) in [5.41, 5.74) is 0. The van der Waals surface area contributed by atoms with Gasteiger partial charge in [0.2, 0.25) is 0 Å². The van der Waals surface area contributed by atoms with Crippen molar-refractivity contribution in [1.29, 1.82) is 0 Å². The Labute approximate surface area is 47.4 Å². The van der Waals surface area contributed by atoms with Crippen LogP contribution in [0.25, 0.3) is 0 Å². The molecule has 0 atom stereocenters. The molecule has 0 aliphatic carbocycles. The molecule has 0 unspecified atom stereocenters. The van der Waals surface area contributed by atoms with Crippen LogP contribution in [0.2, 0.25) is 5.76 Å². The third kappa shape index (κ3) is 11.2. The van der Waals surface area contributed by atoms with E-state index in [9.17, 15) is 0 Å². The molecule has 0 bridgehead atoms. The summed E-state index contributed by atoms with van der Waals surface area (Å²) >= 11 is 2.00. The Balaban J connectivity index is -0.00000000500. The van der Waals surface area contributed by atoms with E-state index in [-0.39, 0.29) is 24.8 Å². The molecule has 3 radical (unpaired) electrons. The SMILES string of the molecule is Cl.Cl.[CH3][Ge]. The quantitative estimate of drug-likeness (QED) is 0.465. The number of rotatable bonds is 0. The Kier molecular flexibility index (Phi) is 154. The molecule has 0 aliphatic rings. The van der Waals surface area contributed by atoms with Crippen LogP contribution in [0.4, 0.5) is 0 Å². The first-order valence-electron chi connectivity index (χ1n) is 0.500. The topological polar surface area (TPSA) is 0 Å². The summed E-state index contributed by atoms with van der Waals surface area (Å²) < 4.78 is 0. The van der Waals surface area contributed by atoms with Crippen molar-refractivity contribution in [1.82, 2.24) is 0 Å². The van der Waals surface area contributed by atoms with Crippen LogP contribution in [0.15, 0.2) is 0 Å². The summed E-state index contributed by atoms with van der Waals surface area (Å²) in [5, 5.41) is 0. The van der Waals surface area contributed by atoms with Crippen molar-refractivity contribution in [3.05, 3.63) is 0 Å². The van der Waals surface area contributed by atoms with Crippen molar-refractivity contribution in [3.63, 3.8) is 0 Å². The van der Waals surface area contributed by atoms with Gasteiger partial charge in [-0.2, -0.15) is 0 Å². The van der Waals surface area contributed by atoms with Crippen molar-refractivity contribution < 1.29 is 0 Å². The van der Waals surface area contributed by atoms with Crippen molar-refractivity contribution in [2.75, 3.05) is 0 Å². The molecule has 0 saturated carbocycles. The predicted octanol–water partition coefficient (Wildman–Crippen LogP) is 1.05. The molecule has 0 spiro atoms. The van der Waals surface area contributed by atoms with Gasteiger partial charge in [0, 0.05) is 0 Å². The third-order valence-corrected chi connectivity index (χ3v) is 0. The molecule has 0 rings (SSSR count). The van der Waals surface area contributed by atoms with Gasteiger partial charge in [-0.05, 0) is 0 Å². The molecule has 0 amide bonds. The number of hydrogen-bond donors (Lipinski definition) is 0. The van der Waals surface area contributed by atoms with Crippen LogP contribution < -0.4 is 0 Å². The Bertz CT molecular complexity index is 6.00. The van der Waals surface area contributed by atoms with Gasteiger partial charge in [0.1, 0.15) is 0 Å². The molecule has 4 heavy (non-hydrogen) atoms. The minimum atomic E-state index is 0. The zero-order valence-corrected chi connectivity index (χ0v) is 6.05. The van der Waals surface area contributed by atoms with E-state index in [4.69, 9.17) is 0 Å². The molecule has 0 fully saturated rings. The number of halogens is 2. The molecule has 0 aromatic carbocycles. The fourth-order valence-electron chi connectivity index (χ4n) is 0. The van der Waals surface area contributed by atoms with Crippen molar-refractivity contribution in [2.24, 2.45) is 0 Å². The second-order valence-electron chi connectivity index (χ2n) is 0. The summed E-state index contributed by atoms with van der Waals surface area (Å²) in [6, 6.07) is 0. The van der Waals surface area contributed by atoms with E-state index in [1.54, 1.807) is 0 Å². The molecule has 0 nitrogen and oxygen atoms in total. The molecule has 0 aromatic rings.